The molecule has 0 radical (unpaired) electrons. The van der Waals surface area contributed by atoms with Crippen LogP contribution in [0.25, 0.3) is 0 Å². The maximum absolute atomic E-state index is 12.4. The number of rotatable bonds is 6. The normalized spacial score (nSPS) is 19.3. The summed E-state index contributed by atoms with van der Waals surface area (Å²) < 4.78 is 0. The largest absolute Gasteiger partial charge is 0.351 e. The minimum Gasteiger partial charge on any atom is -0.351 e. The van der Waals surface area contributed by atoms with Crippen LogP contribution in [0.4, 0.5) is 0 Å². The van der Waals surface area contributed by atoms with Crippen molar-refractivity contribution in [2.45, 2.75) is 37.8 Å². The van der Waals surface area contributed by atoms with Gasteiger partial charge in [-0.05, 0) is 40.0 Å². The fourth-order valence-corrected chi connectivity index (χ4v) is 3.49. The molecule has 5 heteroatoms. The number of carbonyl (C=O) groups excluding carboxylic acids is 1. The average molecular weight is 336 g/mol. The van der Waals surface area contributed by atoms with E-state index < -0.39 is 0 Å². The molecule has 1 N–H and O–H groups in total. The molecule has 1 aromatic carbocycles. The van der Waals surface area contributed by atoms with E-state index in [2.05, 4.69) is 60.3 Å². The van der Waals surface area contributed by atoms with Crippen LogP contribution in [0.2, 0.25) is 0 Å². The van der Waals surface area contributed by atoms with Crippen molar-refractivity contribution < 1.29 is 4.79 Å². The minimum atomic E-state index is -0.0458. The maximum atomic E-state index is 12.4. The summed E-state index contributed by atoms with van der Waals surface area (Å²) in [6.07, 6.45) is 0. The molecule has 1 aliphatic rings. The Labute approximate surface area is 144 Å². The summed E-state index contributed by atoms with van der Waals surface area (Å²) in [6.45, 7) is 10.2. The van der Waals surface area contributed by atoms with Gasteiger partial charge < -0.3 is 10.2 Å². The van der Waals surface area contributed by atoms with Crippen LogP contribution < -0.4 is 5.32 Å². The zero-order valence-corrected chi connectivity index (χ0v) is 15.5. The Hall–Kier alpha value is -1.04. The van der Waals surface area contributed by atoms with Gasteiger partial charge in [-0.1, -0.05) is 17.7 Å². The SMILES string of the molecule is Cc1ccc(SC[C@H](C)NC(=O)[C@H](C)N2CCN(C)CC2)cc1. The molecule has 0 bridgehead atoms. The van der Waals surface area contributed by atoms with E-state index in [4.69, 9.17) is 0 Å². The van der Waals surface area contributed by atoms with Crippen molar-refractivity contribution in [3.63, 3.8) is 0 Å². The van der Waals surface area contributed by atoms with Gasteiger partial charge in [-0.25, -0.2) is 0 Å². The zero-order chi connectivity index (χ0) is 16.8. The monoisotopic (exact) mass is 335 g/mol. The first-order chi connectivity index (χ1) is 11.0. The van der Waals surface area contributed by atoms with E-state index in [-0.39, 0.29) is 18.0 Å². The quantitative estimate of drug-likeness (QED) is 0.809. The van der Waals surface area contributed by atoms with Crippen LogP contribution in [-0.2, 0) is 4.79 Å². The molecule has 1 aliphatic heterocycles. The second-order valence-electron chi connectivity index (χ2n) is 6.55. The average Bonchev–Trinajstić information content (AvgIpc) is 2.54. The highest BCUT2D eigenvalue weighted by Crippen LogP contribution is 2.19. The number of carbonyl (C=O) groups is 1. The molecule has 1 heterocycles. The molecule has 1 aromatic rings. The lowest BCUT2D eigenvalue weighted by atomic mass is 10.2. The molecule has 2 rings (SSSR count). The molecule has 0 spiro atoms. The highest BCUT2D eigenvalue weighted by atomic mass is 32.2. The van der Waals surface area contributed by atoms with Crippen molar-refractivity contribution in [2.75, 3.05) is 39.0 Å². The number of aryl methyl sites for hydroxylation is 1. The molecule has 0 saturated carbocycles. The van der Waals surface area contributed by atoms with E-state index in [0.717, 1.165) is 31.9 Å². The van der Waals surface area contributed by atoms with Crippen LogP contribution in [0.5, 0.6) is 0 Å². The Bertz CT molecular complexity index is 497. The van der Waals surface area contributed by atoms with Crippen molar-refractivity contribution in [3.8, 4) is 0 Å². The van der Waals surface area contributed by atoms with Crippen LogP contribution in [0, 0.1) is 6.92 Å². The van der Waals surface area contributed by atoms with E-state index in [1.54, 1.807) is 11.8 Å². The number of piperazine rings is 1. The van der Waals surface area contributed by atoms with Crippen LogP contribution in [-0.4, -0.2) is 66.8 Å². The predicted octanol–water partition coefficient (Wildman–Crippen LogP) is 2.23. The van der Waals surface area contributed by atoms with E-state index in [0.29, 0.717) is 0 Å². The van der Waals surface area contributed by atoms with E-state index in [9.17, 15) is 4.79 Å². The first kappa shape index (κ1) is 18.3. The second-order valence-corrected chi connectivity index (χ2v) is 7.64. The van der Waals surface area contributed by atoms with Crippen molar-refractivity contribution >= 4 is 17.7 Å². The van der Waals surface area contributed by atoms with Crippen LogP contribution >= 0.6 is 11.8 Å². The van der Waals surface area contributed by atoms with Gasteiger partial charge in [0.1, 0.15) is 0 Å². The van der Waals surface area contributed by atoms with E-state index in [1.165, 1.54) is 10.5 Å². The number of likely N-dealkylation sites (N-methyl/N-ethyl adjacent to an activating group) is 1. The molecule has 1 saturated heterocycles. The number of thioether (sulfide) groups is 1. The van der Waals surface area contributed by atoms with E-state index in [1.807, 2.05) is 6.92 Å². The molecular formula is C18H29N3OS. The van der Waals surface area contributed by atoms with Crippen molar-refractivity contribution in [1.29, 1.82) is 0 Å². The van der Waals surface area contributed by atoms with Gasteiger partial charge in [0, 0.05) is 42.9 Å². The summed E-state index contributed by atoms with van der Waals surface area (Å²) in [4.78, 5) is 18.2. The second kappa shape index (κ2) is 8.71. The lowest BCUT2D eigenvalue weighted by Crippen LogP contribution is -2.54. The van der Waals surface area contributed by atoms with Crippen molar-refractivity contribution in [2.24, 2.45) is 0 Å². The van der Waals surface area contributed by atoms with Crippen molar-refractivity contribution in [1.82, 2.24) is 15.1 Å². The molecule has 0 aliphatic carbocycles. The zero-order valence-electron chi connectivity index (χ0n) is 14.7. The Morgan fingerprint density at radius 1 is 1.17 bits per heavy atom. The lowest BCUT2D eigenvalue weighted by molar-refractivity contribution is -0.127. The summed E-state index contributed by atoms with van der Waals surface area (Å²) in [5.41, 5.74) is 1.27. The number of hydrogen-bond acceptors (Lipinski definition) is 4. The summed E-state index contributed by atoms with van der Waals surface area (Å²) in [6, 6.07) is 8.66. The van der Waals surface area contributed by atoms with Gasteiger partial charge in [-0.15, -0.1) is 11.8 Å². The minimum absolute atomic E-state index is 0.0458. The molecule has 1 amide bonds. The Morgan fingerprint density at radius 2 is 1.78 bits per heavy atom. The number of hydrogen-bond donors (Lipinski definition) is 1. The van der Waals surface area contributed by atoms with Gasteiger partial charge >= 0.3 is 0 Å². The molecule has 0 unspecified atom stereocenters. The highest BCUT2D eigenvalue weighted by molar-refractivity contribution is 7.99. The summed E-state index contributed by atoms with van der Waals surface area (Å²) in [5, 5.41) is 3.15. The van der Waals surface area contributed by atoms with Gasteiger partial charge in [-0.3, -0.25) is 9.69 Å². The van der Waals surface area contributed by atoms with Crippen LogP contribution in [0.3, 0.4) is 0 Å². The Balaban J connectivity index is 1.74. The van der Waals surface area contributed by atoms with Gasteiger partial charge in [0.25, 0.3) is 0 Å². The molecule has 0 aromatic heterocycles. The Morgan fingerprint density at radius 3 is 2.39 bits per heavy atom. The Kier molecular flexibility index (Phi) is 6.93. The third kappa shape index (κ3) is 5.83. The molecular weight excluding hydrogens is 306 g/mol. The molecule has 4 nitrogen and oxygen atoms in total. The molecule has 128 valence electrons. The smallest absolute Gasteiger partial charge is 0.237 e. The highest BCUT2D eigenvalue weighted by Gasteiger charge is 2.25. The van der Waals surface area contributed by atoms with Crippen molar-refractivity contribution in [3.05, 3.63) is 29.8 Å². The topological polar surface area (TPSA) is 35.6 Å². The third-order valence-corrected chi connectivity index (χ3v) is 5.65. The van der Waals surface area contributed by atoms with E-state index >= 15 is 0 Å². The summed E-state index contributed by atoms with van der Waals surface area (Å²) in [7, 11) is 2.13. The molecule has 2 atom stereocenters. The number of benzene rings is 1. The predicted molar refractivity (Wildman–Crippen MR) is 98.0 cm³/mol. The summed E-state index contributed by atoms with van der Waals surface area (Å²) in [5.74, 6) is 1.04. The standard InChI is InChI=1S/C18H29N3OS/c1-14-5-7-17(8-6-14)23-13-15(2)19-18(22)16(3)21-11-9-20(4)10-12-21/h5-8,15-16H,9-13H2,1-4H3,(H,19,22)/t15-,16-/m0/s1. The summed E-state index contributed by atoms with van der Waals surface area (Å²) >= 11 is 1.79. The third-order valence-electron chi connectivity index (χ3n) is 4.37. The molecule has 23 heavy (non-hydrogen) atoms. The van der Waals surface area contributed by atoms with Gasteiger partial charge in [0.05, 0.1) is 6.04 Å². The van der Waals surface area contributed by atoms with Gasteiger partial charge in [0.2, 0.25) is 5.91 Å². The number of amides is 1. The molecule has 1 fully saturated rings. The van der Waals surface area contributed by atoms with Gasteiger partial charge in [-0.2, -0.15) is 0 Å². The number of nitrogens with one attached hydrogen (secondary N) is 1. The van der Waals surface area contributed by atoms with Crippen LogP contribution in [0.15, 0.2) is 29.2 Å². The fraction of sp³-hybridized carbons (Fsp3) is 0.611. The lowest BCUT2D eigenvalue weighted by Gasteiger charge is -2.36. The first-order valence-corrected chi connectivity index (χ1v) is 9.36. The first-order valence-electron chi connectivity index (χ1n) is 8.38. The van der Waals surface area contributed by atoms with Gasteiger partial charge in [0.15, 0.2) is 0 Å². The number of nitrogens with zero attached hydrogens (tertiary/aromatic N) is 2. The maximum Gasteiger partial charge on any atom is 0.237 e. The fourth-order valence-electron chi connectivity index (χ4n) is 2.64. The van der Waals surface area contributed by atoms with Crippen LogP contribution in [0.1, 0.15) is 19.4 Å².